The summed E-state index contributed by atoms with van der Waals surface area (Å²) in [4.78, 5) is 0. The summed E-state index contributed by atoms with van der Waals surface area (Å²) in [6.45, 7) is 1.48. The zero-order chi connectivity index (χ0) is 7.23. The molecular formula is C8H11N2+. The van der Waals surface area contributed by atoms with Crippen molar-refractivity contribution in [2.45, 2.75) is 0 Å². The molecule has 0 aromatic rings. The Hall–Kier alpha value is -1.11. The largest absolute Gasteiger partial charge is 0.332 e. The molecule has 0 radical (unpaired) electrons. The number of nitrogens with one attached hydrogen (secondary N) is 1. The Morgan fingerprint density at radius 3 is 3.10 bits per heavy atom. The lowest BCUT2D eigenvalue weighted by molar-refractivity contribution is 0.813. The summed E-state index contributed by atoms with van der Waals surface area (Å²) in [6, 6.07) is 0. The van der Waals surface area contributed by atoms with Crippen molar-refractivity contribution in [3.8, 4) is 0 Å². The van der Waals surface area contributed by atoms with E-state index in [1.807, 2.05) is 24.3 Å². The van der Waals surface area contributed by atoms with E-state index in [0.717, 1.165) is 12.2 Å². The zero-order valence-corrected chi connectivity index (χ0v) is 5.80. The van der Waals surface area contributed by atoms with E-state index >= 15 is 0 Å². The predicted octanol–water partition coefficient (Wildman–Crippen LogP) is 0.348. The fourth-order valence-electron chi connectivity index (χ4n) is 0.720. The Bertz CT molecular complexity index is 178. The highest BCUT2D eigenvalue weighted by Crippen LogP contribution is 1.97. The lowest BCUT2D eigenvalue weighted by Crippen LogP contribution is -2.21. The van der Waals surface area contributed by atoms with Crippen LogP contribution in [0.15, 0.2) is 30.0 Å². The molecule has 0 fully saturated rings. The minimum atomic E-state index is 0.662. The number of rotatable bonds is 3. The first-order chi connectivity index (χ1) is 4.93. The Kier molecular flexibility index (Phi) is 2.68. The van der Waals surface area contributed by atoms with Gasteiger partial charge in [0.25, 0.3) is 0 Å². The van der Waals surface area contributed by atoms with Gasteiger partial charge in [0, 0.05) is 25.2 Å². The van der Waals surface area contributed by atoms with Gasteiger partial charge in [0.05, 0.1) is 6.08 Å². The summed E-state index contributed by atoms with van der Waals surface area (Å²) in [6.07, 6.45) is 10.7. The maximum absolute atomic E-state index is 5.30. The lowest BCUT2D eigenvalue weighted by Gasteiger charge is -1.97. The highest BCUT2D eigenvalue weighted by Gasteiger charge is 1.98. The molecule has 0 amide bonds. The first kappa shape index (κ1) is 7.00. The van der Waals surface area contributed by atoms with Crippen molar-refractivity contribution in [3.05, 3.63) is 36.1 Å². The molecule has 0 unspecified atom stereocenters. The van der Waals surface area contributed by atoms with E-state index in [1.54, 1.807) is 0 Å². The van der Waals surface area contributed by atoms with Gasteiger partial charge in [-0.3, -0.25) is 0 Å². The number of hydrogen-bond acceptors (Lipinski definition) is 2. The van der Waals surface area contributed by atoms with Gasteiger partial charge >= 0.3 is 0 Å². The van der Waals surface area contributed by atoms with E-state index in [2.05, 4.69) is 11.4 Å². The van der Waals surface area contributed by atoms with Crippen LogP contribution in [-0.4, -0.2) is 13.1 Å². The van der Waals surface area contributed by atoms with Crippen LogP contribution < -0.4 is 11.1 Å². The molecule has 1 aliphatic rings. The third-order valence-corrected chi connectivity index (χ3v) is 1.18. The van der Waals surface area contributed by atoms with E-state index in [4.69, 9.17) is 5.73 Å². The zero-order valence-electron chi connectivity index (χ0n) is 5.80. The topological polar surface area (TPSA) is 38.0 Å². The molecule has 0 saturated carbocycles. The second-order valence-electron chi connectivity index (χ2n) is 2.01. The van der Waals surface area contributed by atoms with Crippen molar-refractivity contribution in [3.63, 3.8) is 0 Å². The van der Waals surface area contributed by atoms with Crippen LogP contribution in [0.25, 0.3) is 0 Å². The molecule has 0 aromatic carbocycles. The van der Waals surface area contributed by atoms with Gasteiger partial charge in [0.15, 0.2) is 0 Å². The smallest absolute Gasteiger partial charge is 0.146 e. The van der Waals surface area contributed by atoms with Gasteiger partial charge in [0.1, 0.15) is 17.8 Å². The number of hydrogen-bond donors (Lipinski definition) is 2. The number of allylic oxidation sites excluding steroid dienone is 5. The van der Waals surface area contributed by atoms with Crippen LogP contribution in [-0.2, 0) is 0 Å². The summed E-state index contributed by atoms with van der Waals surface area (Å²) in [5, 5.41) is 3.14. The molecule has 2 nitrogen and oxygen atoms in total. The molecule has 0 heterocycles. The molecule has 10 heavy (non-hydrogen) atoms. The molecule has 3 N–H and O–H groups in total. The van der Waals surface area contributed by atoms with E-state index in [0.29, 0.717) is 6.54 Å². The molecule has 0 aromatic heterocycles. The number of nitrogens with two attached hydrogens (primary N) is 1. The van der Waals surface area contributed by atoms with Gasteiger partial charge in [-0.2, -0.15) is 0 Å². The van der Waals surface area contributed by atoms with Crippen LogP contribution >= 0.6 is 0 Å². The minimum Gasteiger partial charge on any atom is -0.332 e. The predicted molar refractivity (Wildman–Crippen MR) is 42.1 cm³/mol. The van der Waals surface area contributed by atoms with Crippen LogP contribution in [0.5, 0.6) is 0 Å². The van der Waals surface area contributed by atoms with Crippen molar-refractivity contribution in [1.82, 2.24) is 5.32 Å². The fourth-order valence-corrected chi connectivity index (χ4v) is 0.720. The third-order valence-electron chi connectivity index (χ3n) is 1.18. The molecule has 1 aliphatic carbocycles. The molecule has 0 spiro atoms. The Labute approximate surface area is 61.1 Å². The maximum Gasteiger partial charge on any atom is 0.146 e. The molecule has 0 atom stereocenters. The first-order valence-electron chi connectivity index (χ1n) is 3.33. The molecular weight excluding hydrogens is 124 g/mol. The third kappa shape index (κ3) is 2.02. The van der Waals surface area contributed by atoms with Gasteiger partial charge < -0.3 is 11.1 Å². The van der Waals surface area contributed by atoms with E-state index in [1.165, 1.54) is 0 Å². The summed E-state index contributed by atoms with van der Waals surface area (Å²) in [5.74, 6) is 0. The quantitative estimate of drug-likeness (QED) is 0.548. The van der Waals surface area contributed by atoms with Gasteiger partial charge in [-0.05, 0) is 0 Å². The van der Waals surface area contributed by atoms with Crippen LogP contribution in [0.2, 0.25) is 0 Å². The minimum absolute atomic E-state index is 0.662. The van der Waals surface area contributed by atoms with Crippen LogP contribution in [0, 0.1) is 6.08 Å². The molecule has 52 valence electrons. The van der Waals surface area contributed by atoms with E-state index in [-0.39, 0.29) is 0 Å². The van der Waals surface area contributed by atoms with Crippen molar-refractivity contribution in [2.24, 2.45) is 5.73 Å². The SMILES string of the molecule is NCCNC1=CC=C[C+]=C1. The highest BCUT2D eigenvalue weighted by atomic mass is 14.9. The van der Waals surface area contributed by atoms with Gasteiger partial charge in [-0.1, -0.05) is 0 Å². The van der Waals surface area contributed by atoms with Crippen molar-refractivity contribution < 1.29 is 0 Å². The second-order valence-corrected chi connectivity index (χ2v) is 2.01. The van der Waals surface area contributed by atoms with Crippen molar-refractivity contribution in [2.75, 3.05) is 13.1 Å². The Balaban J connectivity index is 2.35. The summed E-state index contributed by atoms with van der Waals surface area (Å²) >= 11 is 0. The standard InChI is InChI=1S/C8H11N2/c9-6-7-10-8-4-2-1-3-5-8/h1-2,4-5,10H,6-7,9H2/q+1. The monoisotopic (exact) mass is 135 g/mol. The van der Waals surface area contributed by atoms with Crippen LogP contribution in [0.1, 0.15) is 0 Å². The highest BCUT2D eigenvalue weighted by molar-refractivity contribution is 5.27. The lowest BCUT2D eigenvalue weighted by atomic mass is 10.2. The van der Waals surface area contributed by atoms with Crippen molar-refractivity contribution in [1.29, 1.82) is 0 Å². The Morgan fingerprint density at radius 2 is 2.50 bits per heavy atom. The van der Waals surface area contributed by atoms with E-state index in [9.17, 15) is 0 Å². The summed E-state index contributed by atoms with van der Waals surface area (Å²) in [5.41, 5.74) is 6.38. The molecule has 2 heteroatoms. The van der Waals surface area contributed by atoms with Crippen LogP contribution in [0.3, 0.4) is 0 Å². The Morgan fingerprint density at radius 1 is 1.60 bits per heavy atom. The molecule has 0 bridgehead atoms. The van der Waals surface area contributed by atoms with E-state index < -0.39 is 0 Å². The van der Waals surface area contributed by atoms with Gasteiger partial charge in [-0.25, -0.2) is 0 Å². The second kappa shape index (κ2) is 3.83. The summed E-state index contributed by atoms with van der Waals surface area (Å²) in [7, 11) is 0. The maximum atomic E-state index is 5.30. The van der Waals surface area contributed by atoms with Gasteiger partial charge in [-0.15, -0.1) is 0 Å². The first-order valence-corrected chi connectivity index (χ1v) is 3.33. The van der Waals surface area contributed by atoms with Gasteiger partial charge in [0.2, 0.25) is 0 Å². The average Bonchev–Trinajstić information content (AvgIpc) is 2.03. The molecule has 1 rings (SSSR count). The normalized spacial score (nSPS) is 14.3. The van der Waals surface area contributed by atoms with Crippen molar-refractivity contribution >= 4 is 0 Å². The molecule has 0 aliphatic heterocycles. The fraction of sp³-hybridized carbons (Fsp3) is 0.250. The molecule has 0 saturated heterocycles. The van der Waals surface area contributed by atoms with Crippen LogP contribution in [0.4, 0.5) is 0 Å². The summed E-state index contributed by atoms with van der Waals surface area (Å²) < 4.78 is 0. The average molecular weight is 135 g/mol.